The molecule has 0 fully saturated rings. The standard InChI is InChI=1S/C18H30N2O/c1-14(2)11-16(13-20(3)4)19-12-18-17-8-6-5-7-15(17)9-10-21-18/h5-8,14,16,18-19H,9-13H2,1-4H3. The molecular formula is C18H30N2O. The highest BCUT2D eigenvalue weighted by molar-refractivity contribution is 5.31. The Hall–Kier alpha value is -0.900. The summed E-state index contributed by atoms with van der Waals surface area (Å²) in [5.74, 6) is 0.710. The third-order valence-electron chi connectivity index (χ3n) is 4.03. The Morgan fingerprint density at radius 1 is 1.29 bits per heavy atom. The van der Waals surface area contributed by atoms with E-state index < -0.39 is 0 Å². The minimum Gasteiger partial charge on any atom is -0.372 e. The summed E-state index contributed by atoms with van der Waals surface area (Å²) in [7, 11) is 4.28. The number of rotatable bonds is 7. The first-order chi connectivity index (χ1) is 10.1. The second-order valence-corrected chi connectivity index (χ2v) is 6.81. The van der Waals surface area contributed by atoms with Gasteiger partial charge in [-0.3, -0.25) is 0 Å². The van der Waals surface area contributed by atoms with Crippen molar-refractivity contribution in [3.05, 3.63) is 35.4 Å². The van der Waals surface area contributed by atoms with E-state index in [1.807, 2.05) is 0 Å². The molecule has 0 aromatic heterocycles. The van der Waals surface area contributed by atoms with Crippen molar-refractivity contribution in [2.45, 2.75) is 38.8 Å². The van der Waals surface area contributed by atoms with Crippen molar-refractivity contribution in [3.63, 3.8) is 0 Å². The SMILES string of the molecule is CC(C)CC(CN(C)C)NCC1OCCc2ccccc21. The first kappa shape index (κ1) is 16.5. The summed E-state index contributed by atoms with van der Waals surface area (Å²) in [4.78, 5) is 2.26. The van der Waals surface area contributed by atoms with Crippen LogP contribution >= 0.6 is 0 Å². The van der Waals surface area contributed by atoms with Gasteiger partial charge in [-0.15, -0.1) is 0 Å². The number of ether oxygens (including phenoxy) is 1. The van der Waals surface area contributed by atoms with E-state index in [2.05, 4.69) is 62.4 Å². The summed E-state index contributed by atoms with van der Waals surface area (Å²) < 4.78 is 5.99. The van der Waals surface area contributed by atoms with E-state index in [-0.39, 0.29) is 6.10 Å². The quantitative estimate of drug-likeness (QED) is 0.835. The lowest BCUT2D eigenvalue weighted by Gasteiger charge is -2.30. The molecule has 1 aromatic rings. The van der Waals surface area contributed by atoms with Crippen LogP contribution in [-0.4, -0.2) is 44.7 Å². The molecule has 0 amide bonds. The smallest absolute Gasteiger partial charge is 0.0952 e. The van der Waals surface area contributed by atoms with E-state index in [1.165, 1.54) is 17.5 Å². The van der Waals surface area contributed by atoms with Crippen molar-refractivity contribution in [1.82, 2.24) is 10.2 Å². The molecule has 0 radical (unpaired) electrons. The van der Waals surface area contributed by atoms with E-state index in [4.69, 9.17) is 4.74 Å². The second kappa shape index (κ2) is 7.92. The van der Waals surface area contributed by atoms with Gasteiger partial charge in [-0.05, 0) is 44.0 Å². The van der Waals surface area contributed by atoms with Crippen LogP contribution < -0.4 is 5.32 Å². The van der Waals surface area contributed by atoms with Crippen LogP contribution in [-0.2, 0) is 11.2 Å². The number of benzene rings is 1. The Kier molecular flexibility index (Phi) is 6.22. The highest BCUT2D eigenvalue weighted by Gasteiger charge is 2.21. The Morgan fingerprint density at radius 3 is 2.76 bits per heavy atom. The van der Waals surface area contributed by atoms with E-state index in [0.29, 0.717) is 12.0 Å². The fraction of sp³-hybridized carbons (Fsp3) is 0.667. The predicted molar refractivity (Wildman–Crippen MR) is 88.6 cm³/mol. The van der Waals surface area contributed by atoms with Crippen LogP contribution in [0.1, 0.15) is 37.5 Å². The molecular weight excluding hydrogens is 260 g/mol. The molecule has 1 aliphatic heterocycles. The number of nitrogens with zero attached hydrogens (tertiary/aromatic N) is 1. The second-order valence-electron chi connectivity index (χ2n) is 6.81. The van der Waals surface area contributed by atoms with Crippen LogP contribution in [0.15, 0.2) is 24.3 Å². The third kappa shape index (κ3) is 5.10. The lowest BCUT2D eigenvalue weighted by Crippen LogP contribution is -2.42. The average molecular weight is 290 g/mol. The molecule has 2 rings (SSSR count). The summed E-state index contributed by atoms with van der Waals surface area (Å²) in [6, 6.07) is 9.21. The van der Waals surface area contributed by atoms with E-state index in [9.17, 15) is 0 Å². The first-order valence-electron chi connectivity index (χ1n) is 8.13. The Morgan fingerprint density at radius 2 is 2.05 bits per heavy atom. The molecule has 3 nitrogen and oxygen atoms in total. The van der Waals surface area contributed by atoms with Gasteiger partial charge in [-0.25, -0.2) is 0 Å². The molecule has 1 heterocycles. The maximum atomic E-state index is 5.99. The molecule has 0 saturated carbocycles. The summed E-state index contributed by atoms with van der Waals surface area (Å²) >= 11 is 0. The van der Waals surface area contributed by atoms with Crippen LogP contribution in [0.2, 0.25) is 0 Å². The fourth-order valence-corrected chi connectivity index (χ4v) is 3.15. The van der Waals surface area contributed by atoms with Gasteiger partial charge < -0.3 is 15.0 Å². The molecule has 118 valence electrons. The zero-order chi connectivity index (χ0) is 15.2. The lowest BCUT2D eigenvalue weighted by atomic mass is 9.97. The first-order valence-corrected chi connectivity index (χ1v) is 8.13. The summed E-state index contributed by atoms with van der Waals surface area (Å²) in [5, 5.41) is 3.73. The summed E-state index contributed by atoms with van der Waals surface area (Å²) in [5.41, 5.74) is 2.81. The topological polar surface area (TPSA) is 24.5 Å². The number of hydrogen-bond donors (Lipinski definition) is 1. The zero-order valence-electron chi connectivity index (χ0n) is 13.9. The Balaban J connectivity index is 1.94. The largest absolute Gasteiger partial charge is 0.372 e. The van der Waals surface area contributed by atoms with Gasteiger partial charge in [0.2, 0.25) is 0 Å². The van der Waals surface area contributed by atoms with Crippen molar-refractivity contribution < 1.29 is 4.74 Å². The molecule has 0 aliphatic carbocycles. The van der Waals surface area contributed by atoms with Gasteiger partial charge in [-0.1, -0.05) is 38.1 Å². The van der Waals surface area contributed by atoms with Crippen LogP contribution in [0, 0.1) is 5.92 Å². The van der Waals surface area contributed by atoms with E-state index in [1.54, 1.807) is 0 Å². The third-order valence-corrected chi connectivity index (χ3v) is 4.03. The fourth-order valence-electron chi connectivity index (χ4n) is 3.15. The van der Waals surface area contributed by atoms with Gasteiger partial charge in [0.05, 0.1) is 12.7 Å². The lowest BCUT2D eigenvalue weighted by molar-refractivity contribution is 0.0395. The zero-order valence-corrected chi connectivity index (χ0v) is 13.9. The average Bonchev–Trinajstić information content (AvgIpc) is 2.43. The number of nitrogens with one attached hydrogen (secondary N) is 1. The Labute approximate surface area is 129 Å². The van der Waals surface area contributed by atoms with Gasteiger partial charge in [0.15, 0.2) is 0 Å². The van der Waals surface area contributed by atoms with Crippen molar-refractivity contribution in [1.29, 1.82) is 0 Å². The molecule has 2 unspecified atom stereocenters. The highest BCUT2D eigenvalue weighted by Crippen LogP contribution is 2.26. The van der Waals surface area contributed by atoms with Gasteiger partial charge >= 0.3 is 0 Å². The van der Waals surface area contributed by atoms with Crippen LogP contribution in [0.25, 0.3) is 0 Å². The number of hydrogen-bond acceptors (Lipinski definition) is 3. The molecule has 21 heavy (non-hydrogen) atoms. The van der Waals surface area contributed by atoms with Crippen LogP contribution in [0.3, 0.4) is 0 Å². The molecule has 0 spiro atoms. The summed E-state index contributed by atoms with van der Waals surface area (Å²) in [6.07, 6.45) is 2.44. The Bertz CT molecular complexity index is 421. The minimum atomic E-state index is 0.201. The van der Waals surface area contributed by atoms with Gasteiger partial charge in [0.25, 0.3) is 0 Å². The minimum absolute atomic E-state index is 0.201. The molecule has 1 aliphatic rings. The molecule has 0 bridgehead atoms. The van der Waals surface area contributed by atoms with Crippen molar-refractivity contribution in [2.24, 2.45) is 5.92 Å². The number of fused-ring (bicyclic) bond motifs is 1. The molecule has 1 N–H and O–H groups in total. The van der Waals surface area contributed by atoms with Crippen LogP contribution in [0.5, 0.6) is 0 Å². The highest BCUT2D eigenvalue weighted by atomic mass is 16.5. The molecule has 2 atom stereocenters. The van der Waals surface area contributed by atoms with Crippen molar-refractivity contribution in [2.75, 3.05) is 33.8 Å². The maximum Gasteiger partial charge on any atom is 0.0952 e. The van der Waals surface area contributed by atoms with E-state index >= 15 is 0 Å². The maximum absolute atomic E-state index is 5.99. The normalized spacial score (nSPS) is 19.8. The van der Waals surface area contributed by atoms with Gasteiger partial charge in [0, 0.05) is 19.1 Å². The van der Waals surface area contributed by atoms with Gasteiger partial charge in [-0.2, -0.15) is 0 Å². The van der Waals surface area contributed by atoms with Gasteiger partial charge in [0.1, 0.15) is 0 Å². The predicted octanol–water partition coefficient (Wildman–Crippen LogP) is 2.87. The molecule has 3 heteroatoms. The van der Waals surface area contributed by atoms with Crippen molar-refractivity contribution >= 4 is 0 Å². The van der Waals surface area contributed by atoms with Crippen LogP contribution in [0.4, 0.5) is 0 Å². The molecule has 0 saturated heterocycles. The van der Waals surface area contributed by atoms with E-state index in [0.717, 1.165) is 26.1 Å². The monoisotopic (exact) mass is 290 g/mol. The van der Waals surface area contributed by atoms with Crippen molar-refractivity contribution in [3.8, 4) is 0 Å². The summed E-state index contributed by atoms with van der Waals surface area (Å²) in [6.45, 7) is 7.40. The number of likely N-dealkylation sites (N-methyl/N-ethyl adjacent to an activating group) is 1. The molecule has 1 aromatic carbocycles.